The molecule has 0 spiro atoms. The normalized spacial score (nSPS) is 10.8. The van der Waals surface area contributed by atoms with Crippen molar-refractivity contribution in [2.24, 2.45) is 0 Å². The molecule has 0 saturated heterocycles. The van der Waals surface area contributed by atoms with Gasteiger partial charge in [-0.05, 0) is 42.5 Å². The molecule has 3 N–H and O–H groups in total. The zero-order valence-corrected chi connectivity index (χ0v) is 19.7. The molecule has 0 atom stereocenters. The van der Waals surface area contributed by atoms with E-state index < -0.39 is 15.9 Å². The van der Waals surface area contributed by atoms with Crippen LogP contribution in [-0.2, 0) is 10.0 Å². The summed E-state index contributed by atoms with van der Waals surface area (Å²) in [5.74, 6) is 0.196. The first-order valence-electron chi connectivity index (χ1n) is 9.84. The monoisotopic (exact) mass is 488 g/mol. The first-order chi connectivity index (χ1) is 16.2. The molecule has 0 aromatic heterocycles. The Morgan fingerprint density at radius 1 is 0.794 bits per heavy atom. The van der Waals surface area contributed by atoms with Crippen molar-refractivity contribution in [1.29, 1.82) is 0 Å². The van der Waals surface area contributed by atoms with Crippen molar-refractivity contribution in [3.8, 4) is 28.7 Å². The lowest BCUT2D eigenvalue weighted by molar-refractivity contribution is 0.102. The molecule has 0 aliphatic rings. The van der Waals surface area contributed by atoms with Gasteiger partial charge < -0.3 is 29.4 Å². The Kier molecular flexibility index (Phi) is 7.37. The van der Waals surface area contributed by atoms with E-state index in [9.17, 15) is 18.3 Å². The second kappa shape index (κ2) is 10.2. The molecule has 34 heavy (non-hydrogen) atoms. The first kappa shape index (κ1) is 24.5. The number of benzene rings is 3. The maximum Gasteiger partial charge on any atom is 0.262 e. The molecule has 10 nitrogen and oxygen atoms in total. The Hall–Kier alpha value is -4.12. The van der Waals surface area contributed by atoms with E-state index in [-0.39, 0.29) is 39.1 Å². The molecule has 0 fully saturated rings. The summed E-state index contributed by atoms with van der Waals surface area (Å²) in [4.78, 5) is 12.7. The minimum absolute atomic E-state index is 0.110. The minimum atomic E-state index is -4.06. The molecule has 0 bridgehead atoms. The highest BCUT2D eigenvalue weighted by Crippen LogP contribution is 2.38. The lowest BCUT2D eigenvalue weighted by atomic mass is 10.1. The van der Waals surface area contributed by atoms with Crippen LogP contribution in [-0.4, -0.2) is 47.9 Å². The standard InChI is InChI=1S/C23H24N2O8S/c1-30-19-8-6-5-7-16(19)25-34(28,29)15-9-10-18(26)17(13-15)24-23(27)14-11-20(31-2)22(33-4)21(12-14)32-3/h5-13,25-26H,1-4H3,(H,24,27). The van der Waals surface area contributed by atoms with E-state index in [1.54, 1.807) is 24.3 Å². The number of phenolic OH excluding ortho intramolecular Hbond substituents is 1. The number of rotatable bonds is 9. The predicted molar refractivity (Wildman–Crippen MR) is 126 cm³/mol. The van der Waals surface area contributed by atoms with Crippen LogP contribution in [0.3, 0.4) is 0 Å². The van der Waals surface area contributed by atoms with Crippen molar-refractivity contribution in [3.05, 3.63) is 60.2 Å². The van der Waals surface area contributed by atoms with E-state index in [4.69, 9.17) is 18.9 Å². The molecule has 1 amide bonds. The number of nitrogens with one attached hydrogen (secondary N) is 2. The molecule has 3 aromatic rings. The number of anilines is 2. The fraction of sp³-hybridized carbons (Fsp3) is 0.174. The molecular formula is C23H24N2O8S. The van der Waals surface area contributed by atoms with Crippen molar-refractivity contribution in [2.45, 2.75) is 4.90 Å². The lowest BCUT2D eigenvalue weighted by Crippen LogP contribution is -2.16. The Morgan fingerprint density at radius 3 is 2.00 bits per heavy atom. The summed E-state index contributed by atoms with van der Waals surface area (Å²) in [6, 6.07) is 12.9. The average Bonchev–Trinajstić information content (AvgIpc) is 2.84. The number of hydrogen-bond acceptors (Lipinski definition) is 8. The van der Waals surface area contributed by atoms with Gasteiger partial charge in [-0.2, -0.15) is 0 Å². The molecule has 0 heterocycles. The van der Waals surface area contributed by atoms with Crippen molar-refractivity contribution in [1.82, 2.24) is 0 Å². The van der Waals surface area contributed by atoms with Gasteiger partial charge >= 0.3 is 0 Å². The summed E-state index contributed by atoms with van der Waals surface area (Å²) in [6.07, 6.45) is 0. The van der Waals surface area contributed by atoms with Gasteiger partial charge in [0.1, 0.15) is 11.5 Å². The second-order valence-corrected chi connectivity index (χ2v) is 8.54. The SMILES string of the molecule is COc1ccccc1NS(=O)(=O)c1ccc(O)c(NC(=O)c2cc(OC)c(OC)c(OC)c2)c1. The van der Waals surface area contributed by atoms with Gasteiger partial charge in [0.15, 0.2) is 11.5 Å². The summed E-state index contributed by atoms with van der Waals surface area (Å²) in [7, 11) is 1.61. The number of ether oxygens (including phenoxy) is 4. The third-order valence-electron chi connectivity index (χ3n) is 4.80. The van der Waals surface area contributed by atoms with Crippen LogP contribution in [0.2, 0.25) is 0 Å². The Balaban J connectivity index is 1.92. The van der Waals surface area contributed by atoms with Crippen LogP contribution in [0.4, 0.5) is 11.4 Å². The summed E-state index contributed by atoms with van der Waals surface area (Å²) < 4.78 is 49.2. The van der Waals surface area contributed by atoms with Crippen LogP contribution < -0.4 is 29.0 Å². The molecule has 3 aromatic carbocycles. The third kappa shape index (κ3) is 5.09. The lowest BCUT2D eigenvalue weighted by Gasteiger charge is -2.15. The average molecular weight is 489 g/mol. The topological polar surface area (TPSA) is 132 Å². The number of methoxy groups -OCH3 is 4. The van der Waals surface area contributed by atoms with E-state index in [2.05, 4.69) is 10.0 Å². The minimum Gasteiger partial charge on any atom is -0.506 e. The van der Waals surface area contributed by atoms with Gasteiger partial charge in [0.05, 0.1) is 44.7 Å². The van der Waals surface area contributed by atoms with E-state index in [1.807, 2.05) is 0 Å². The van der Waals surface area contributed by atoms with Crippen molar-refractivity contribution < 1.29 is 37.3 Å². The number of hydrogen-bond donors (Lipinski definition) is 3. The van der Waals surface area contributed by atoms with Gasteiger partial charge in [0, 0.05) is 5.56 Å². The third-order valence-corrected chi connectivity index (χ3v) is 6.17. The van der Waals surface area contributed by atoms with E-state index in [0.29, 0.717) is 11.5 Å². The van der Waals surface area contributed by atoms with Gasteiger partial charge in [-0.25, -0.2) is 8.42 Å². The number of phenols is 1. The number of aromatic hydroxyl groups is 1. The number of para-hydroxylation sites is 2. The predicted octanol–water partition coefficient (Wildman–Crippen LogP) is 3.48. The fourth-order valence-electron chi connectivity index (χ4n) is 3.12. The van der Waals surface area contributed by atoms with Crippen molar-refractivity contribution >= 4 is 27.3 Å². The highest BCUT2D eigenvalue weighted by Gasteiger charge is 2.21. The van der Waals surface area contributed by atoms with Gasteiger partial charge in [0.2, 0.25) is 5.75 Å². The van der Waals surface area contributed by atoms with E-state index >= 15 is 0 Å². The van der Waals surface area contributed by atoms with Gasteiger partial charge in [0.25, 0.3) is 15.9 Å². The Bertz CT molecular complexity index is 1280. The molecule has 11 heteroatoms. The Morgan fingerprint density at radius 2 is 1.41 bits per heavy atom. The number of amides is 1. The summed E-state index contributed by atoms with van der Waals surface area (Å²) in [5.41, 5.74) is 0.261. The zero-order valence-electron chi connectivity index (χ0n) is 18.9. The number of sulfonamides is 1. The molecular weight excluding hydrogens is 464 g/mol. The number of carbonyl (C=O) groups excluding carboxylic acids is 1. The van der Waals surface area contributed by atoms with Crippen LogP contribution in [0, 0.1) is 0 Å². The molecule has 0 aliphatic heterocycles. The van der Waals surface area contributed by atoms with Crippen LogP contribution in [0.15, 0.2) is 59.5 Å². The van der Waals surface area contributed by atoms with Gasteiger partial charge in [-0.3, -0.25) is 9.52 Å². The van der Waals surface area contributed by atoms with Crippen molar-refractivity contribution in [3.63, 3.8) is 0 Å². The molecule has 0 radical (unpaired) electrons. The van der Waals surface area contributed by atoms with E-state index in [0.717, 1.165) is 6.07 Å². The maximum atomic E-state index is 12.9. The summed E-state index contributed by atoms with van der Waals surface area (Å²) in [6.45, 7) is 0. The molecule has 3 rings (SSSR count). The van der Waals surface area contributed by atoms with Gasteiger partial charge in [-0.1, -0.05) is 12.1 Å². The summed E-state index contributed by atoms with van der Waals surface area (Å²) in [5, 5.41) is 12.7. The quantitative estimate of drug-likeness (QED) is 0.390. The van der Waals surface area contributed by atoms with Crippen LogP contribution in [0.5, 0.6) is 28.7 Å². The van der Waals surface area contributed by atoms with Gasteiger partial charge in [-0.15, -0.1) is 0 Å². The zero-order chi connectivity index (χ0) is 24.9. The molecule has 0 saturated carbocycles. The first-order valence-corrected chi connectivity index (χ1v) is 11.3. The molecule has 180 valence electrons. The smallest absolute Gasteiger partial charge is 0.262 e. The molecule has 0 aliphatic carbocycles. The Labute approximate surface area is 197 Å². The molecule has 0 unspecified atom stereocenters. The van der Waals surface area contributed by atoms with Crippen LogP contribution in [0.1, 0.15) is 10.4 Å². The summed E-state index contributed by atoms with van der Waals surface area (Å²) >= 11 is 0. The highest BCUT2D eigenvalue weighted by molar-refractivity contribution is 7.92. The van der Waals surface area contributed by atoms with Crippen LogP contribution in [0.25, 0.3) is 0 Å². The van der Waals surface area contributed by atoms with E-state index in [1.165, 1.54) is 52.7 Å². The largest absolute Gasteiger partial charge is 0.506 e. The fourth-order valence-corrected chi connectivity index (χ4v) is 4.22. The number of carbonyl (C=O) groups is 1. The maximum absolute atomic E-state index is 12.9. The van der Waals surface area contributed by atoms with Crippen LogP contribution >= 0.6 is 0 Å². The second-order valence-electron chi connectivity index (χ2n) is 6.85. The highest BCUT2D eigenvalue weighted by atomic mass is 32.2. The van der Waals surface area contributed by atoms with Crippen molar-refractivity contribution in [2.75, 3.05) is 38.5 Å².